The molecular formula is C31H28F3NOS. The van der Waals surface area contributed by atoms with E-state index in [0.717, 1.165) is 28.5 Å². The molecule has 0 bridgehead atoms. The number of hydrogen-bond donors (Lipinski definition) is 0. The van der Waals surface area contributed by atoms with Crippen LogP contribution in [0.2, 0.25) is 0 Å². The molecule has 0 aliphatic heterocycles. The van der Waals surface area contributed by atoms with E-state index in [0.29, 0.717) is 0 Å². The molecule has 0 saturated carbocycles. The predicted octanol–water partition coefficient (Wildman–Crippen LogP) is 8.00. The molecule has 0 heterocycles. The summed E-state index contributed by atoms with van der Waals surface area (Å²) in [6.45, 7) is 0.446. The molecule has 6 heteroatoms. The van der Waals surface area contributed by atoms with Crippen molar-refractivity contribution in [1.29, 1.82) is 0 Å². The minimum absolute atomic E-state index is 0.0798. The Labute approximate surface area is 220 Å². The van der Waals surface area contributed by atoms with Gasteiger partial charge in [-0.2, -0.15) is 13.2 Å². The standard InChI is InChI=1S/C31H28F3NOS/c32-31(33,34)30(28-19-11-4-12-20-28,37-24-27-17-9-3-10-18-27)21-29(36)35(22-25-13-5-1-6-14-25)23-26-15-7-2-8-16-26/h1-20H,21-24H2/t30-/m0/s1. The summed E-state index contributed by atoms with van der Waals surface area (Å²) in [5, 5.41) is 0. The summed E-state index contributed by atoms with van der Waals surface area (Å²) in [5.41, 5.74) is 2.58. The van der Waals surface area contributed by atoms with Gasteiger partial charge in [0.05, 0.1) is 6.42 Å². The van der Waals surface area contributed by atoms with Gasteiger partial charge in [0, 0.05) is 18.8 Å². The van der Waals surface area contributed by atoms with Crippen molar-refractivity contribution in [1.82, 2.24) is 4.90 Å². The van der Waals surface area contributed by atoms with Gasteiger partial charge in [0.25, 0.3) is 0 Å². The van der Waals surface area contributed by atoms with Crippen LogP contribution in [-0.4, -0.2) is 17.0 Å². The molecule has 0 saturated heterocycles. The number of nitrogens with zero attached hydrogens (tertiary/aromatic N) is 1. The number of alkyl halides is 3. The molecule has 37 heavy (non-hydrogen) atoms. The summed E-state index contributed by atoms with van der Waals surface area (Å²) < 4.78 is 42.8. The van der Waals surface area contributed by atoms with E-state index < -0.39 is 23.3 Å². The first-order chi connectivity index (χ1) is 17.9. The number of rotatable bonds is 10. The Bertz CT molecular complexity index is 1210. The van der Waals surface area contributed by atoms with E-state index >= 15 is 13.2 Å². The topological polar surface area (TPSA) is 20.3 Å². The summed E-state index contributed by atoms with van der Waals surface area (Å²) in [6, 6.07) is 35.6. The van der Waals surface area contributed by atoms with Crippen molar-refractivity contribution in [3.05, 3.63) is 144 Å². The molecule has 4 rings (SSSR count). The first kappa shape index (κ1) is 26.6. The van der Waals surface area contributed by atoms with Crippen molar-refractivity contribution in [3.8, 4) is 0 Å². The fourth-order valence-corrected chi connectivity index (χ4v) is 5.53. The van der Waals surface area contributed by atoms with Crippen molar-refractivity contribution in [2.45, 2.75) is 36.2 Å². The molecule has 0 aliphatic carbocycles. The van der Waals surface area contributed by atoms with E-state index in [2.05, 4.69) is 0 Å². The van der Waals surface area contributed by atoms with Crippen LogP contribution in [0, 0.1) is 0 Å². The van der Waals surface area contributed by atoms with Crippen LogP contribution in [0.5, 0.6) is 0 Å². The Morgan fingerprint density at radius 3 is 1.46 bits per heavy atom. The van der Waals surface area contributed by atoms with E-state index in [4.69, 9.17) is 0 Å². The zero-order chi connectivity index (χ0) is 26.1. The second kappa shape index (κ2) is 12.2. The fourth-order valence-electron chi connectivity index (χ4n) is 4.23. The van der Waals surface area contributed by atoms with Crippen LogP contribution in [0.1, 0.15) is 28.7 Å². The third-order valence-corrected chi connectivity index (χ3v) is 7.79. The Kier molecular flexibility index (Phi) is 8.72. The lowest BCUT2D eigenvalue weighted by Crippen LogP contribution is -2.44. The molecule has 0 radical (unpaired) electrons. The highest BCUT2D eigenvalue weighted by Crippen LogP contribution is 2.53. The van der Waals surface area contributed by atoms with Crippen molar-refractivity contribution in [2.24, 2.45) is 0 Å². The van der Waals surface area contributed by atoms with Gasteiger partial charge in [-0.25, -0.2) is 0 Å². The maximum absolute atomic E-state index is 15.0. The van der Waals surface area contributed by atoms with Gasteiger partial charge in [-0.3, -0.25) is 4.79 Å². The lowest BCUT2D eigenvalue weighted by Gasteiger charge is -2.37. The molecule has 0 spiro atoms. The van der Waals surface area contributed by atoms with Gasteiger partial charge in [-0.1, -0.05) is 121 Å². The van der Waals surface area contributed by atoms with Crippen LogP contribution in [-0.2, 0) is 28.4 Å². The van der Waals surface area contributed by atoms with Gasteiger partial charge < -0.3 is 4.90 Å². The highest BCUT2D eigenvalue weighted by molar-refractivity contribution is 7.99. The average molecular weight is 520 g/mol. The molecular weight excluding hydrogens is 491 g/mol. The van der Waals surface area contributed by atoms with E-state index in [-0.39, 0.29) is 24.4 Å². The normalized spacial score (nSPS) is 13.1. The monoisotopic (exact) mass is 519 g/mol. The lowest BCUT2D eigenvalue weighted by atomic mass is 9.93. The zero-order valence-electron chi connectivity index (χ0n) is 20.3. The first-order valence-electron chi connectivity index (χ1n) is 12.0. The van der Waals surface area contributed by atoms with Gasteiger partial charge in [0.2, 0.25) is 5.91 Å². The summed E-state index contributed by atoms with van der Waals surface area (Å²) in [4.78, 5) is 15.3. The average Bonchev–Trinajstić information content (AvgIpc) is 2.92. The fraction of sp³-hybridized carbons (Fsp3) is 0.194. The van der Waals surface area contributed by atoms with Crippen LogP contribution in [0.3, 0.4) is 0 Å². The Balaban J connectivity index is 1.70. The highest BCUT2D eigenvalue weighted by atomic mass is 32.2. The largest absolute Gasteiger partial charge is 0.407 e. The number of halogens is 3. The molecule has 0 aliphatic rings. The van der Waals surface area contributed by atoms with E-state index in [1.165, 1.54) is 17.0 Å². The Hall–Kier alpha value is -3.51. The van der Waals surface area contributed by atoms with Crippen LogP contribution in [0.25, 0.3) is 0 Å². The van der Waals surface area contributed by atoms with Gasteiger partial charge in [-0.05, 0) is 22.3 Å². The number of carbonyl (C=O) groups is 1. The number of benzene rings is 4. The quantitative estimate of drug-likeness (QED) is 0.212. The molecule has 1 atom stereocenters. The second-order valence-corrected chi connectivity index (χ2v) is 10.1. The third kappa shape index (κ3) is 6.83. The van der Waals surface area contributed by atoms with Crippen LogP contribution in [0.4, 0.5) is 13.2 Å². The maximum Gasteiger partial charge on any atom is 0.407 e. The minimum Gasteiger partial charge on any atom is -0.334 e. The smallest absolute Gasteiger partial charge is 0.334 e. The molecule has 0 aromatic heterocycles. The van der Waals surface area contributed by atoms with Crippen LogP contribution in [0.15, 0.2) is 121 Å². The predicted molar refractivity (Wildman–Crippen MR) is 144 cm³/mol. The summed E-state index contributed by atoms with van der Waals surface area (Å²) >= 11 is 0.768. The number of amides is 1. The summed E-state index contributed by atoms with van der Waals surface area (Å²) in [6.07, 6.45) is -5.35. The van der Waals surface area contributed by atoms with Gasteiger partial charge in [-0.15, -0.1) is 11.8 Å². The van der Waals surface area contributed by atoms with E-state index in [9.17, 15) is 4.79 Å². The molecule has 190 valence electrons. The molecule has 0 unspecified atom stereocenters. The minimum atomic E-state index is -4.66. The van der Waals surface area contributed by atoms with E-state index in [1.54, 1.807) is 42.5 Å². The molecule has 4 aromatic carbocycles. The SMILES string of the molecule is O=C(C[C@](SCc1ccccc1)(c1ccccc1)C(F)(F)F)N(Cc1ccccc1)Cc1ccccc1. The summed E-state index contributed by atoms with van der Waals surface area (Å²) in [7, 11) is 0. The summed E-state index contributed by atoms with van der Waals surface area (Å²) in [5.74, 6) is -0.422. The third-order valence-electron chi connectivity index (χ3n) is 6.21. The molecule has 4 aromatic rings. The second-order valence-electron chi connectivity index (χ2n) is 8.86. The lowest BCUT2D eigenvalue weighted by molar-refractivity contribution is -0.170. The van der Waals surface area contributed by atoms with Crippen molar-refractivity contribution >= 4 is 17.7 Å². The van der Waals surface area contributed by atoms with Crippen molar-refractivity contribution in [3.63, 3.8) is 0 Å². The van der Waals surface area contributed by atoms with Crippen LogP contribution < -0.4 is 0 Å². The van der Waals surface area contributed by atoms with E-state index in [1.807, 2.05) is 66.7 Å². The maximum atomic E-state index is 15.0. The number of carbonyl (C=O) groups excluding carboxylic acids is 1. The highest BCUT2D eigenvalue weighted by Gasteiger charge is 2.57. The first-order valence-corrected chi connectivity index (χ1v) is 13.0. The molecule has 2 nitrogen and oxygen atoms in total. The van der Waals surface area contributed by atoms with Crippen molar-refractivity contribution in [2.75, 3.05) is 0 Å². The van der Waals surface area contributed by atoms with Gasteiger partial charge >= 0.3 is 6.18 Å². The van der Waals surface area contributed by atoms with Gasteiger partial charge in [0.1, 0.15) is 4.75 Å². The zero-order valence-corrected chi connectivity index (χ0v) is 21.1. The Morgan fingerprint density at radius 1 is 0.622 bits per heavy atom. The number of thioether (sulfide) groups is 1. The number of hydrogen-bond acceptors (Lipinski definition) is 2. The molecule has 1 amide bonds. The van der Waals surface area contributed by atoms with Crippen LogP contribution >= 0.6 is 11.8 Å². The van der Waals surface area contributed by atoms with Crippen molar-refractivity contribution < 1.29 is 18.0 Å². The molecule has 0 fully saturated rings. The molecule has 0 N–H and O–H groups in total. The Morgan fingerprint density at radius 2 is 1.03 bits per heavy atom. The van der Waals surface area contributed by atoms with Gasteiger partial charge in [0.15, 0.2) is 0 Å².